The molecular weight excluding hydrogens is 248 g/mol. The van der Waals surface area contributed by atoms with Gasteiger partial charge in [0.1, 0.15) is 5.75 Å². The number of likely N-dealkylation sites (tertiary alicyclic amines) is 1. The number of hydrogen-bond donors (Lipinski definition) is 2. The molecule has 1 aliphatic heterocycles. The average molecular weight is 264 g/mol. The summed E-state index contributed by atoms with van der Waals surface area (Å²) in [4.78, 5) is 23.9. The predicted molar refractivity (Wildman–Crippen MR) is 69.3 cm³/mol. The number of aliphatic carboxylic acids is 1. The zero-order valence-electron chi connectivity index (χ0n) is 10.6. The van der Waals surface area contributed by atoms with Gasteiger partial charge in [-0.3, -0.25) is 4.79 Å². The van der Waals surface area contributed by atoms with Gasteiger partial charge in [-0.05, 0) is 19.1 Å². The van der Waals surface area contributed by atoms with Gasteiger partial charge in [0.15, 0.2) is 0 Å². The lowest BCUT2D eigenvalue weighted by Crippen LogP contribution is -2.54. The monoisotopic (exact) mass is 264 g/mol. The number of nitrogens with one attached hydrogen (secondary N) is 1. The van der Waals surface area contributed by atoms with E-state index >= 15 is 0 Å². The van der Waals surface area contributed by atoms with Gasteiger partial charge in [-0.1, -0.05) is 6.07 Å². The highest BCUT2D eigenvalue weighted by Gasteiger charge is 2.35. The second kappa shape index (κ2) is 5.60. The summed E-state index contributed by atoms with van der Waals surface area (Å²) in [6.45, 7) is 2.96. The maximum atomic E-state index is 11.8. The normalized spacial score (nSPS) is 14.7. The number of anilines is 1. The molecule has 0 radical (unpaired) electrons. The third kappa shape index (κ3) is 3.15. The molecule has 1 saturated heterocycles. The zero-order valence-corrected chi connectivity index (χ0v) is 10.6. The number of urea groups is 1. The minimum absolute atomic E-state index is 0.256. The minimum Gasteiger partial charge on any atom is -0.494 e. The topological polar surface area (TPSA) is 78.9 Å². The van der Waals surface area contributed by atoms with E-state index < -0.39 is 11.9 Å². The lowest BCUT2D eigenvalue weighted by atomic mass is 10.0. The van der Waals surface area contributed by atoms with Crippen molar-refractivity contribution in [3.63, 3.8) is 0 Å². The maximum absolute atomic E-state index is 11.8. The predicted octanol–water partition coefficient (Wildman–Crippen LogP) is 1.63. The van der Waals surface area contributed by atoms with Crippen LogP contribution in [0, 0.1) is 5.92 Å². The summed E-state index contributed by atoms with van der Waals surface area (Å²) in [5.74, 6) is -0.616. The van der Waals surface area contributed by atoms with Crippen LogP contribution in [0.3, 0.4) is 0 Å². The van der Waals surface area contributed by atoms with E-state index in [9.17, 15) is 9.59 Å². The quantitative estimate of drug-likeness (QED) is 0.866. The van der Waals surface area contributed by atoms with Crippen LogP contribution in [-0.2, 0) is 4.79 Å². The molecule has 102 valence electrons. The van der Waals surface area contributed by atoms with Crippen LogP contribution in [-0.4, -0.2) is 41.7 Å². The highest BCUT2D eigenvalue weighted by atomic mass is 16.5. The number of carbonyl (C=O) groups excluding carboxylic acids is 1. The first kappa shape index (κ1) is 13.2. The molecule has 6 heteroatoms. The Bertz CT molecular complexity index is 483. The van der Waals surface area contributed by atoms with Crippen LogP contribution < -0.4 is 10.1 Å². The minimum atomic E-state index is -0.859. The fraction of sp³-hybridized carbons (Fsp3) is 0.385. The van der Waals surface area contributed by atoms with Crippen molar-refractivity contribution in [2.24, 2.45) is 5.92 Å². The second-order valence-electron chi connectivity index (χ2n) is 4.33. The molecule has 2 rings (SSSR count). The number of amides is 2. The molecule has 0 unspecified atom stereocenters. The number of hydrogen-bond acceptors (Lipinski definition) is 3. The van der Waals surface area contributed by atoms with E-state index in [0.29, 0.717) is 18.0 Å². The van der Waals surface area contributed by atoms with Gasteiger partial charge in [0.25, 0.3) is 0 Å². The first-order valence-corrected chi connectivity index (χ1v) is 6.11. The second-order valence-corrected chi connectivity index (χ2v) is 4.33. The molecule has 0 aromatic heterocycles. The molecule has 0 spiro atoms. The summed E-state index contributed by atoms with van der Waals surface area (Å²) in [6.07, 6.45) is 0. The van der Waals surface area contributed by atoms with E-state index in [1.54, 1.807) is 18.2 Å². The van der Waals surface area contributed by atoms with Gasteiger partial charge in [-0.2, -0.15) is 0 Å². The van der Waals surface area contributed by atoms with E-state index in [4.69, 9.17) is 9.84 Å². The fourth-order valence-corrected chi connectivity index (χ4v) is 1.83. The number of nitrogens with zero attached hydrogens (tertiary/aromatic N) is 1. The van der Waals surface area contributed by atoms with Crippen molar-refractivity contribution in [3.8, 4) is 5.75 Å². The molecule has 2 amide bonds. The fourth-order valence-electron chi connectivity index (χ4n) is 1.83. The number of benzene rings is 1. The van der Waals surface area contributed by atoms with Gasteiger partial charge in [0, 0.05) is 24.8 Å². The van der Waals surface area contributed by atoms with Gasteiger partial charge in [0.2, 0.25) is 0 Å². The van der Waals surface area contributed by atoms with Gasteiger partial charge in [-0.15, -0.1) is 0 Å². The van der Waals surface area contributed by atoms with Gasteiger partial charge >= 0.3 is 12.0 Å². The molecule has 19 heavy (non-hydrogen) atoms. The van der Waals surface area contributed by atoms with E-state index in [0.717, 1.165) is 0 Å². The Morgan fingerprint density at radius 2 is 2.21 bits per heavy atom. The van der Waals surface area contributed by atoms with Crippen molar-refractivity contribution in [1.82, 2.24) is 4.90 Å². The number of carbonyl (C=O) groups is 2. The van der Waals surface area contributed by atoms with Crippen molar-refractivity contribution >= 4 is 17.7 Å². The molecule has 1 heterocycles. The molecule has 0 saturated carbocycles. The van der Waals surface area contributed by atoms with Gasteiger partial charge in [-0.25, -0.2) is 4.79 Å². The maximum Gasteiger partial charge on any atom is 0.321 e. The van der Waals surface area contributed by atoms with E-state index in [1.165, 1.54) is 4.90 Å². The van der Waals surface area contributed by atoms with Gasteiger partial charge < -0.3 is 20.1 Å². The van der Waals surface area contributed by atoms with Crippen molar-refractivity contribution in [2.45, 2.75) is 6.92 Å². The smallest absolute Gasteiger partial charge is 0.321 e. The molecule has 6 nitrogen and oxygen atoms in total. The summed E-state index contributed by atoms with van der Waals surface area (Å²) >= 11 is 0. The molecule has 1 aliphatic rings. The number of carboxylic acids is 1. The van der Waals surface area contributed by atoms with E-state index in [-0.39, 0.29) is 19.1 Å². The molecule has 1 fully saturated rings. The SMILES string of the molecule is CCOc1cccc(NC(=O)N2CC(C(=O)O)C2)c1. The Labute approximate surface area is 111 Å². The van der Waals surface area contributed by atoms with Crippen LogP contribution in [0.15, 0.2) is 24.3 Å². The molecule has 0 atom stereocenters. The lowest BCUT2D eigenvalue weighted by molar-refractivity contribution is -0.145. The number of ether oxygens (including phenoxy) is 1. The Kier molecular flexibility index (Phi) is 3.89. The van der Waals surface area contributed by atoms with E-state index in [1.807, 2.05) is 13.0 Å². The van der Waals surface area contributed by atoms with Crippen molar-refractivity contribution < 1.29 is 19.4 Å². The molecule has 1 aromatic carbocycles. The summed E-state index contributed by atoms with van der Waals surface area (Å²) in [6, 6.07) is 6.80. The first-order valence-electron chi connectivity index (χ1n) is 6.11. The summed E-state index contributed by atoms with van der Waals surface area (Å²) in [7, 11) is 0. The van der Waals surface area contributed by atoms with Crippen molar-refractivity contribution in [1.29, 1.82) is 0 Å². The summed E-state index contributed by atoms with van der Waals surface area (Å²) < 4.78 is 5.33. The van der Waals surface area contributed by atoms with Crippen LogP contribution in [0.2, 0.25) is 0 Å². The van der Waals surface area contributed by atoms with Crippen molar-refractivity contribution in [3.05, 3.63) is 24.3 Å². The van der Waals surface area contributed by atoms with Crippen LogP contribution in [0.5, 0.6) is 5.75 Å². The number of rotatable bonds is 4. The Hall–Kier alpha value is -2.24. The largest absolute Gasteiger partial charge is 0.494 e. The Balaban J connectivity index is 1.89. The Morgan fingerprint density at radius 1 is 1.47 bits per heavy atom. The van der Waals surface area contributed by atoms with Crippen LogP contribution in [0.1, 0.15) is 6.92 Å². The molecular formula is C13H16N2O4. The Morgan fingerprint density at radius 3 is 2.84 bits per heavy atom. The standard InChI is InChI=1S/C13H16N2O4/c1-2-19-11-5-3-4-10(6-11)14-13(18)15-7-9(8-15)12(16)17/h3-6,9H,2,7-8H2,1H3,(H,14,18)(H,16,17). The highest BCUT2D eigenvalue weighted by molar-refractivity contribution is 5.91. The molecule has 1 aromatic rings. The van der Waals surface area contributed by atoms with Crippen LogP contribution >= 0.6 is 0 Å². The highest BCUT2D eigenvalue weighted by Crippen LogP contribution is 2.20. The molecule has 0 aliphatic carbocycles. The number of carboxylic acid groups (broad SMARTS) is 1. The van der Waals surface area contributed by atoms with Crippen molar-refractivity contribution in [2.75, 3.05) is 25.0 Å². The molecule has 2 N–H and O–H groups in total. The first-order chi connectivity index (χ1) is 9.10. The van der Waals surface area contributed by atoms with Gasteiger partial charge in [0.05, 0.1) is 12.5 Å². The summed E-state index contributed by atoms with van der Waals surface area (Å²) in [5, 5.41) is 11.5. The summed E-state index contributed by atoms with van der Waals surface area (Å²) in [5.41, 5.74) is 0.634. The third-order valence-corrected chi connectivity index (χ3v) is 2.91. The zero-order chi connectivity index (χ0) is 13.8. The van der Waals surface area contributed by atoms with E-state index in [2.05, 4.69) is 5.32 Å². The third-order valence-electron chi connectivity index (χ3n) is 2.91. The van der Waals surface area contributed by atoms with Crippen LogP contribution in [0.25, 0.3) is 0 Å². The molecule has 0 bridgehead atoms. The average Bonchev–Trinajstić information content (AvgIpc) is 2.27. The van der Waals surface area contributed by atoms with Crippen LogP contribution in [0.4, 0.5) is 10.5 Å². The lowest BCUT2D eigenvalue weighted by Gasteiger charge is -2.36.